The average Bonchev–Trinajstić information content (AvgIpc) is 2.67. The smallest absolute Gasteiger partial charge is 0.308 e. The molecule has 9 nitrogen and oxygen atoms in total. The van der Waals surface area contributed by atoms with E-state index in [1.54, 1.807) is 19.9 Å². The molecule has 5 atom stereocenters. The molecular weight excluding hydrogens is 406 g/mol. The maximum Gasteiger partial charge on any atom is 0.308 e. The molecular formula is C22H39NO8. The van der Waals surface area contributed by atoms with Crippen molar-refractivity contribution in [2.75, 3.05) is 20.3 Å². The Labute approximate surface area is 184 Å². The van der Waals surface area contributed by atoms with Crippen molar-refractivity contribution in [1.29, 1.82) is 0 Å². The number of carbonyl (C=O) groups excluding carboxylic acids is 3. The van der Waals surface area contributed by atoms with Gasteiger partial charge >= 0.3 is 5.97 Å². The third-order valence-corrected chi connectivity index (χ3v) is 4.45. The van der Waals surface area contributed by atoms with Crippen molar-refractivity contribution in [2.45, 2.75) is 72.4 Å². The predicted octanol–water partition coefficient (Wildman–Crippen LogP) is 0.597. The Bertz CT molecular complexity index is 611. The summed E-state index contributed by atoms with van der Waals surface area (Å²) in [6, 6.07) is 0. The molecule has 0 spiro atoms. The third-order valence-electron chi connectivity index (χ3n) is 4.45. The van der Waals surface area contributed by atoms with Crippen LogP contribution in [-0.4, -0.2) is 77.7 Å². The number of rotatable bonds is 13. The van der Waals surface area contributed by atoms with Crippen LogP contribution in [-0.2, 0) is 23.9 Å². The minimum atomic E-state index is -1.68. The fourth-order valence-electron chi connectivity index (χ4n) is 2.52. The summed E-state index contributed by atoms with van der Waals surface area (Å²) in [5, 5.41) is 33.2. The van der Waals surface area contributed by atoms with Gasteiger partial charge in [-0.15, -0.1) is 0 Å². The molecule has 0 aromatic rings. The van der Waals surface area contributed by atoms with Crippen LogP contribution in [0.3, 0.4) is 0 Å². The van der Waals surface area contributed by atoms with E-state index in [4.69, 9.17) is 9.47 Å². The fourth-order valence-corrected chi connectivity index (χ4v) is 2.52. The van der Waals surface area contributed by atoms with E-state index < -0.39 is 42.0 Å². The van der Waals surface area contributed by atoms with E-state index in [0.717, 1.165) is 0 Å². The second-order valence-corrected chi connectivity index (χ2v) is 9.04. The van der Waals surface area contributed by atoms with E-state index in [0.29, 0.717) is 0 Å². The van der Waals surface area contributed by atoms with E-state index in [9.17, 15) is 29.7 Å². The molecule has 0 saturated carbocycles. The first kappa shape index (κ1) is 29.2. The van der Waals surface area contributed by atoms with Crippen LogP contribution in [0.1, 0.15) is 48.0 Å². The lowest BCUT2D eigenvalue weighted by Gasteiger charge is -2.27. The van der Waals surface area contributed by atoms with Crippen molar-refractivity contribution in [3.63, 3.8) is 0 Å². The van der Waals surface area contributed by atoms with Gasteiger partial charge in [0.05, 0.1) is 12.5 Å². The number of amides is 1. The molecule has 0 unspecified atom stereocenters. The highest BCUT2D eigenvalue weighted by atomic mass is 16.5. The monoisotopic (exact) mass is 445 g/mol. The number of aliphatic hydroxyl groups excluding tert-OH is 3. The topological polar surface area (TPSA) is 142 Å². The second kappa shape index (κ2) is 13.6. The molecule has 180 valence electrons. The third kappa shape index (κ3) is 11.4. The Hall–Kier alpha value is -1.81. The zero-order valence-electron chi connectivity index (χ0n) is 19.6. The number of esters is 1. The maximum absolute atomic E-state index is 12.5. The highest BCUT2D eigenvalue weighted by molar-refractivity contribution is 5.89. The number of ether oxygens (including phenoxy) is 2. The van der Waals surface area contributed by atoms with Crippen LogP contribution in [0.15, 0.2) is 12.2 Å². The number of methoxy groups -OCH3 is 1. The normalized spacial score (nSPS) is 17.1. The molecule has 0 aromatic carbocycles. The van der Waals surface area contributed by atoms with E-state index in [1.165, 1.54) is 20.1 Å². The predicted molar refractivity (Wildman–Crippen MR) is 115 cm³/mol. The van der Waals surface area contributed by atoms with Gasteiger partial charge in [0.1, 0.15) is 31.0 Å². The summed E-state index contributed by atoms with van der Waals surface area (Å²) >= 11 is 0. The quantitative estimate of drug-likeness (QED) is 0.183. The van der Waals surface area contributed by atoms with Crippen molar-refractivity contribution in [3.8, 4) is 0 Å². The first-order valence-corrected chi connectivity index (χ1v) is 10.4. The van der Waals surface area contributed by atoms with Crippen LogP contribution in [0, 0.1) is 17.3 Å². The molecule has 0 aliphatic carbocycles. The number of ketones is 1. The molecule has 0 heterocycles. The summed E-state index contributed by atoms with van der Waals surface area (Å²) in [6.45, 7) is 10.8. The van der Waals surface area contributed by atoms with Gasteiger partial charge < -0.3 is 30.1 Å². The van der Waals surface area contributed by atoms with Crippen LogP contribution in [0.5, 0.6) is 0 Å². The van der Waals surface area contributed by atoms with Crippen molar-refractivity contribution < 1.29 is 39.2 Å². The van der Waals surface area contributed by atoms with Crippen molar-refractivity contribution >= 4 is 17.7 Å². The van der Waals surface area contributed by atoms with Gasteiger partial charge in [0, 0.05) is 19.4 Å². The molecule has 1 amide bonds. The Balaban J connectivity index is 4.73. The molecule has 0 aliphatic rings. The minimum absolute atomic E-state index is 0.0228. The summed E-state index contributed by atoms with van der Waals surface area (Å²) in [5.74, 6) is -2.38. The fraction of sp³-hybridized carbons (Fsp3) is 0.773. The molecule has 9 heteroatoms. The van der Waals surface area contributed by atoms with Crippen LogP contribution in [0.4, 0.5) is 0 Å². The Kier molecular flexibility index (Phi) is 12.8. The van der Waals surface area contributed by atoms with Gasteiger partial charge in [-0.25, -0.2) is 0 Å². The lowest BCUT2D eigenvalue weighted by Crippen LogP contribution is -2.48. The van der Waals surface area contributed by atoms with Gasteiger partial charge in [-0.1, -0.05) is 53.7 Å². The molecule has 0 aliphatic heterocycles. The van der Waals surface area contributed by atoms with Gasteiger partial charge in [-0.05, 0) is 5.41 Å². The number of allylic oxidation sites excluding steroid dienone is 1. The first-order chi connectivity index (χ1) is 14.2. The van der Waals surface area contributed by atoms with Gasteiger partial charge in [-0.3, -0.25) is 14.4 Å². The maximum atomic E-state index is 12.5. The van der Waals surface area contributed by atoms with Crippen molar-refractivity contribution in [1.82, 2.24) is 5.32 Å². The number of Topliss-reactive ketones (excluding diaryl/α,β-unsaturated/α-hetero) is 1. The number of nitrogens with one attached hydrogen (secondary N) is 1. The minimum Gasteiger partial charge on any atom is -0.464 e. The Morgan fingerprint density at radius 3 is 2.10 bits per heavy atom. The Morgan fingerprint density at radius 1 is 1.03 bits per heavy atom. The summed E-state index contributed by atoms with van der Waals surface area (Å²) in [4.78, 5) is 36.0. The van der Waals surface area contributed by atoms with Gasteiger partial charge in [-0.2, -0.15) is 0 Å². The number of carbonyl (C=O) groups is 3. The van der Waals surface area contributed by atoms with E-state index in [-0.39, 0.29) is 36.9 Å². The standard InChI is InChI=1S/C22H39NO8/c1-13(2)21(29)31-11-10-23-20(28)14(3)12-16(25)19(30-7)18(27)17(26)15(24)8-9-22(4,5)6/h8-9,13-15,17-19,24,26-27H,10-12H2,1-7H3,(H,23,28)/b9-8+/t14-,15-,17+,18-,19+/m1/s1. The summed E-state index contributed by atoms with van der Waals surface area (Å²) in [6.07, 6.45) is -3.33. The molecule has 31 heavy (non-hydrogen) atoms. The van der Waals surface area contributed by atoms with Crippen molar-refractivity contribution in [2.24, 2.45) is 17.3 Å². The van der Waals surface area contributed by atoms with Crippen molar-refractivity contribution in [3.05, 3.63) is 12.2 Å². The SMILES string of the molecule is CO[C@@H](C(=O)C[C@@H](C)C(=O)NCCOC(=O)C(C)C)[C@H](O)[C@@H](O)[C@H](O)/C=C/C(C)(C)C. The average molecular weight is 446 g/mol. The first-order valence-electron chi connectivity index (χ1n) is 10.4. The highest BCUT2D eigenvalue weighted by Crippen LogP contribution is 2.18. The molecule has 0 aromatic heterocycles. The summed E-state index contributed by atoms with van der Waals surface area (Å²) in [5.41, 5.74) is -0.238. The van der Waals surface area contributed by atoms with Gasteiger partial charge in [0.25, 0.3) is 0 Å². The zero-order valence-corrected chi connectivity index (χ0v) is 19.6. The number of aliphatic hydroxyl groups is 3. The van der Waals surface area contributed by atoms with Crippen LogP contribution in [0.2, 0.25) is 0 Å². The molecule has 0 saturated heterocycles. The van der Waals surface area contributed by atoms with Crippen LogP contribution in [0.25, 0.3) is 0 Å². The zero-order chi connectivity index (χ0) is 24.4. The van der Waals surface area contributed by atoms with Crippen LogP contribution >= 0.6 is 0 Å². The summed E-state index contributed by atoms with van der Waals surface area (Å²) < 4.78 is 10.00. The van der Waals surface area contributed by atoms with Gasteiger partial charge in [0.2, 0.25) is 5.91 Å². The van der Waals surface area contributed by atoms with E-state index >= 15 is 0 Å². The van der Waals surface area contributed by atoms with Gasteiger partial charge in [0.15, 0.2) is 5.78 Å². The molecule has 0 rings (SSSR count). The molecule has 0 bridgehead atoms. The van der Waals surface area contributed by atoms with Crippen LogP contribution < -0.4 is 5.32 Å². The largest absolute Gasteiger partial charge is 0.464 e. The number of hydrogen-bond donors (Lipinski definition) is 4. The molecule has 0 radical (unpaired) electrons. The Morgan fingerprint density at radius 2 is 1.61 bits per heavy atom. The lowest BCUT2D eigenvalue weighted by atomic mass is 9.92. The second-order valence-electron chi connectivity index (χ2n) is 9.04. The summed E-state index contributed by atoms with van der Waals surface area (Å²) in [7, 11) is 1.20. The molecule has 0 fully saturated rings. The lowest BCUT2D eigenvalue weighted by molar-refractivity contribution is -0.149. The number of hydrogen-bond acceptors (Lipinski definition) is 8. The van der Waals surface area contributed by atoms with E-state index in [1.807, 2.05) is 20.8 Å². The molecule has 4 N–H and O–H groups in total. The highest BCUT2D eigenvalue weighted by Gasteiger charge is 2.36. The van der Waals surface area contributed by atoms with E-state index in [2.05, 4.69) is 5.32 Å².